The Bertz CT molecular complexity index is 882. The van der Waals surface area contributed by atoms with Crippen LogP contribution in [0.5, 0.6) is 0 Å². The smallest absolute Gasteiger partial charge is 0.157 e. The summed E-state index contributed by atoms with van der Waals surface area (Å²) >= 11 is 0. The monoisotopic (exact) mass is 455 g/mol. The Hall–Kier alpha value is -3.08. The molecule has 0 spiro atoms. The number of amidine groups is 1. The summed E-state index contributed by atoms with van der Waals surface area (Å²) in [4.78, 5) is 9.04. The van der Waals surface area contributed by atoms with Crippen LogP contribution in [0.4, 0.5) is 5.69 Å². The molecular weight excluding hydrogens is 418 g/mol. The number of terminal acetylenes is 1. The number of benzene rings is 1. The highest BCUT2D eigenvalue weighted by Crippen LogP contribution is 2.29. The number of nitrogens with one attached hydrogen (secondary N) is 1. The predicted molar refractivity (Wildman–Crippen MR) is 136 cm³/mol. The molecule has 0 bridgehead atoms. The fraction of sp³-hybridized carbons (Fsp3) is 0.462. The minimum atomic E-state index is 0.00125. The molecular formula is C26H37N3O4. The summed E-state index contributed by atoms with van der Waals surface area (Å²) in [7, 11) is 2.69. The fourth-order valence-corrected chi connectivity index (χ4v) is 3.24. The van der Waals surface area contributed by atoms with Crippen molar-refractivity contribution in [2.45, 2.75) is 46.1 Å². The number of aliphatic hydroxyl groups is 1. The van der Waals surface area contributed by atoms with Crippen LogP contribution in [-0.2, 0) is 14.2 Å². The van der Waals surface area contributed by atoms with Crippen molar-refractivity contribution in [3.8, 4) is 12.3 Å². The zero-order valence-corrected chi connectivity index (χ0v) is 20.4. The maximum absolute atomic E-state index is 7.00. The van der Waals surface area contributed by atoms with Crippen LogP contribution in [0, 0.1) is 12.3 Å². The average molecular weight is 456 g/mol. The highest BCUT2D eigenvalue weighted by molar-refractivity contribution is 6.13. The highest BCUT2D eigenvalue weighted by Gasteiger charge is 2.27. The Kier molecular flexibility index (Phi) is 14.0. The Morgan fingerprint density at radius 1 is 1.21 bits per heavy atom. The minimum absolute atomic E-state index is 0.00125. The van der Waals surface area contributed by atoms with Crippen LogP contribution in [0.25, 0.3) is 0 Å². The first kappa shape index (κ1) is 28.0. The number of ether oxygens (including phenoxy) is 3. The lowest BCUT2D eigenvalue weighted by Crippen LogP contribution is -2.26. The number of rotatable bonds is 8. The van der Waals surface area contributed by atoms with Gasteiger partial charge in [0, 0.05) is 50.5 Å². The zero-order valence-electron chi connectivity index (χ0n) is 20.4. The summed E-state index contributed by atoms with van der Waals surface area (Å²) in [6.07, 6.45) is 11.5. The molecule has 180 valence electrons. The molecule has 2 N–H and O–H groups in total. The Balaban J connectivity index is 0.00000129. The number of methoxy groups -OCH3 is 1. The molecule has 0 aromatic heterocycles. The largest absolute Gasteiger partial charge is 0.494 e. The summed E-state index contributed by atoms with van der Waals surface area (Å²) < 4.78 is 17.0. The summed E-state index contributed by atoms with van der Waals surface area (Å²) in [6, 6.07) is 7.70. The minimum Gasteiger partial charge on any atom is -0.494 e. The van der Waals surface area contributed by atoms with Crippen molar-refractivity contribution in [1.29, 1.82) is 0 Å². The molecule has 3 rings (SSSR count). The number of aliphatic hydroxyl groups excluding tert-OH is 1. The lowest BCUT2D eigenvalue weighted by molar-refractivity contribution is 0.126. The van der Waals surface area contributed by atoms with Gasteiger partial charge in [-0.1, -0.05) is 25.8 Å². The second kappa shape index (κ2) is 16.5. The van der Waals surface area contributed by atoms with Gasteiger partial charge in [-0.05, 0) is 37.6 Å². The van der Waals surface area contributed by atoms with Crippen molar-refractivity contribution in [3.05, 3.63) is 53.0 Å². The van der Waals surface area contributed by atoms with Crippen LogP contribution < -0.4 is 5.32 Å². The lowest BCUT2D eigenvalue weighted by atomic mass is 10.0. The SMILES string of the molecule is C#Cc1cccc(NC2=NC=NC3CCC(OCCCOC)=C(OCC)C=C23)c1.CC.CO. The molecule has 0 fully saturated rings. The number of nitrogens with zero attached hydrogens (tertiary/aromatic N) is 2. The molecule has 1 heterocycles. The van der Waals surface area contributed by atoms with Crippen LogP contribution in [0.2, 0.25) is 0 Å². The van der Waals surface area contributed by atoms with E-state index in [0.717, 1.165) is 60.6 Å². The first-order valence-electron chi connectivity index (χ1n) is 11.3. The highest BCUT2D eigenvalue weighted by atomic mass is 16.5. The van der Waals surface area contributed by atoms with Gasteiger partial charge >= 0.3 is 0 Å². The first-order chi connectivity index (χ1) is 16.2. The molecule has 0 radical (unpaired) electrons. The van der Waals surface area contributed by atoms with Crippen LogP contribution in [0.3, 0.4) is 0 Å². The normalized spacial score (nSPS) is 16.3. The van der Waals surface area contributed by atoms with Gasteiger partial charge in [0.1, 0.15) is 17.9 Å². The number of anilines is 1. The van der Waals surface area contributed by atoms with E-state index in [0.29, 0.717) is 19.8 Å². The van der Waals surface area contributed by atoms with Gasteiger partial charge in [0.25, 0.3) is 0 Å². The summed E-state index contributed by atoms with van der Waals surface area (Å²) in [5, 5.41) is 10.4. The third-order valence-electron chi connectivity index (χ3n) is 4.63. The molecule has 1 atom stereocenters. The first-order valence-corrected chi connectivity index (χ1v) is 11.3. The van der Waals surface area contributed by atoms with E-state index in [-0.39, 0.29) is 6.04 Å². The van der Waals surface area contributed by atoms with E-state index in [1.165, 1.54) is 0 Å². The quantitative estimate of drug-likeness (QED) is 0.444. The van der Waals surface area contributed by atoms with Crippen molar-refractivity contribution < 1.29 is 19.3 Å². The topological polar surface area (TPSA) is 84.7 Å². The van der Waals surface area contributed by atoms with E-state index in [2.05, 4.69) is 21.2 Å². The van der Waals surface area contributed by atoms with E-state index in [4.69, 9.17) is 25.7 Å². The van der Waals surface area contributed by atoms with Gasteiger partial charge in [-0.25, -0.2) is 4.99 Å². The van der Waals surface area contributed by atoms with Gasteiger partial charge in [-0.2, -0.15) is 0 Å². The molecule has 1 aliphatic heterocycles. The number of hydrogen-bond donors (Lipinski definition) is 2. The molecule has 0 saturated heterocycles. The molecule has 2 aliphatic rings. The van der Waals surface area contributed by atoms with Crippen molar-refractivity contribution in [2.24, 2.45) is 9.98 Å². The molecule has 7 heteroatoms. The van der Waals surface area contributed by atoms with Crippen LogP contribution in [0.15, 0.2) is 57.4 Å². The number of fused-ring (bicyclic) bond motifs is 1. The third kappa shape index (κ3) is 8.76. The summed E-state index contributed by atoms with van der Waals surface area (Å²) in [5.74, 6) is 5.00. The molecule has 0 amide bonds. The molecule has 1 aliphatic carbocycles. The Labute approximate surface area is 198 Å². The summed E-state index contributed by atoms with van der Waals surface area (Å²) in [5.41, 5.74) is 2.68. The number of aliphatic imine (C=N–C) groups is 2. The second-order valence-corrected chi connectivity index (χ2v) is 6.66. The van der Waals surface area contributed by atoms with Gasteiger partial charge in [0.2, 0.25) is 0 Å². The van der Waals surface area contributed by atoms with Gasteiger partial charge in [-0.3, -0.25) is 4.99 Å². The van der Waals surface area contributed by atoms with E-state index in [1.807, 2.05) is 51.1 Å². The standard InChI is InChI=1S/C23H27N3O3.C2H6.CH4O/c1-4-17-8-6-9-18(14-17)26-23-19-15-22(28-5-2)21(29-13-7-12-27-3)11-10-20(19)24-16-25-23;2*1-2/h1,6,8-9,14-16,20H,5,7,10-13H2,2-3H3,(H,24,25,26);1-2H3;2H,1H3. The van der Waals surface area contributed by atoms with E-state index >= 15 is 0 Å². The van der Waals surface area contributed by atoms with Gasteiger partial charge in [-0.15, -0.1) is 6.42 Å². The van der Waals surface area contributed by atoms with E-state index < -0.39 is 0 Å². The molecule has 33 heavy (non-hydrogen) atoms. The van der Waals surface area contributed by atoms with Crippen LogP contribution in [0.1, 0.15) is 45.6 Å². The maximum atomic E-state index is 7.00. The lowest BCUT2D eigenvalue weighted by Gasteiger charge is -2.21. The van der Waals surface area contributed by atoms with Crippen molar-refractivity contribution in [1.82, 2.24) is 0 Å². The average Bonchev–Trinajstić information content (AvgIpc) is 3.05. The maximum Gasteiger partial charge on any atom is 0.157 e. The van der Waals surface area contributed by atoms with Crippen molar-refractivity contribution in [3.63, 3.8) is 0 Å². The second-order valence-electron chi connectivity index (χ2n) is 6.66. The van der Waals surface area contributed by atoms with Crippen LogP contribution >= 0.6 is 0 Å². The molecule has 0 saturated carbocycles. The van der Waals surface area contributed by atoms with Crippen molar-refractivity contribution in [2.75, 3.05) is 39.4 Å². The Morgan fingerprint density at radius 2 is 2.00 bits per heavy atom. The predicted octanol–water partition coefficient (Wildman–Crippen LogP) is 4.54. The third-order valence-corrected chi connectivity index (χ3v) is 4.63. The molecule has 7 nitrogen and oxygen atoms in total. The van der Waals surface area contributed by atoms with Crippen molar-refractivity contribution >= 4 is 17.9 Å². The van der Waals surface area contributed by atoms with Gasteiger partial charge in [0.05, 0.1) is 19.3 Å². The Morgan fingerprint density at radius 3 is 2.70 bits per heavy atom. The van der Waals surface area contributed by atoms with E-state index in [9.17, 15) is 0 Å². The summed E-state index contributed by atoms with van der Waals surface area (Å²) in [6.45, 7) is 7.79. The van der Waals surface area contributed by atoms with Crippen LogP contribution in [-0.4, -0.2) is 57.4 Å². The number of allylic oxidation sites excluding steroid dienone is 2. The zero-order chi connectivity index (χ0) is 24.5. The van der Waals surface area contributed by atoms with E-state index in [1.54, 1.807) is 13.4 Å². The molecule has 1 aromatic carbocycles. The number of hydrogen-bond acceptors (Lipinski definition) is 7. The van der Waals surface area contributed by atoms with Gasteiger partial charge < -0.3 is 24.6 Å². The molecule has 1 unspecified atom stereocenters. The van der Waals surface area contributed by atoms with Gasteiger partial charge in [0.15, 0.2) is 5.76 Å². The molecule has 1 aromatic rings. The fourth-order valence-electron chi connectivity index (χ4n) is 3.24.